The van der Waals surface area contributed by atoms with Gasteiger partial charge < -0.3 is 14.6 Å². The van der Waals surface area contributed by atoms with Crippen LogP contribution in [-0.2, 0) is 4.74 Å². The summed E-state index contributed by atoms with van der Waals surface area (Å²) in [6.07, 6.45) is -0.0664. The molecule has 1 aliphatic rings. The summed E-state index contributed by atoms with van der Waals surface area (Å²) >= 11 is 0. The number of aromatic nitrogens is 2. The maximum atomic E-state index is 5.73. The zero-order valence-electron chi connectivity index (χ0n) is 12.2. The summed E-state index contributed by atoms with van der Waals surface area (Å²) in [5, 5.41) is 7.28. The van der Waals surface area contributed by atoms with Gasteiger partial charge in [-0.05, 0) is 20.5 Å². The van der Waals surface area contributed by atoms with Crippen LogP contribution < -0.4 is 5.32 Å². The average molecular weight is 268 g/mol. The Hall–Kier alpha value is -0.980. The van der Waals surface area contributed by atoms with Crippen LogP contribution in [-0.4, -0.2) is 54.4 Å². The Balaban J connectivity index is 2.04. The van der Waals surface area contributed by atoms with Crippen molar-refractivity contribution in [1.29, 1.82) is 0 Å². The van der Waals surface area contributed by atoms with E-state index in [1.54, 1.807) is 0 Å². The third-order valence-electron chi connectivity index (χ3n) is 3.94. The molecule has 1 aromatic heterocycles. The summed E-state index contributed by atoms with van der Waals surface area (Å²) in [6, 6.07) is 0.299. The Bertz CT molecular complexity index is 396. The topological polar surface area (TPSA) is 63.4 Å². The van der Waals surface area contributed by atoms with Gasteiger partial charge in [-0.15, -0.1) is 0 Å². The number of nitrogens with zero attached hydrogens (tertiary/aromatic N) is 3. The summed E-state index contributed by atoms with van der Waals surface area (Å²) in [4.78, 5) is 6.84. The second kappa shape index (κ2) is 6.45. The number of morpholine rings is 1. The molecule has 3 unspecified atom stereocenters. The molecular weight excluding hydrogens is 244 g/mol. The van der Waals surface area contributed by atoms with Gasteiger partial charge in [0.05, 0.1) is 12.5 Å². The molecule has 1 aromatic rings. The molecule has 0 bridgehead atoms. The molecule has 6 nitrogen and oxygen atoms in total. The fourth-order valence-electron chi connectivity index (χ4n) is 2.17. The van der Waals surface area contributed by atoms with E-state index in [0.29, 0.717) is 17.8 Å². The number of ether oxygens (including phenoxy) is 1. The molecule has 3 atom stereocenters. The van der Waals surface area contributed by atoms with Gasteiger partial charge in [-0.25, -0.2) is 0 Å². The van der Waals surface area contributed by atoms with E-state index in [1.165, 1.54) is 0 Å². The second-order valence-corrected chi connectivity index (χ2v) is 5.11. The van der Waals surface area contributed by atoms with Crippen molar-refractivity contribution in [3.8, 4) is 0 Å². The van der Waals surface area contributed by atoms with Crippen LogP contribution in [0.5, 0.6) is 0 Å². The standard InChI is InChI=1S/C13H24N4O2/c1-5-17-6-7-18-11(8-17)12-15-13(19-16-12)9(2)10(3)14-4/h9-11,14H,5-8H2,1-4H3. The first kappa shape index (κ1) is 14.4. The molecule has 0 aliphatic carbocycles. The molecule has 19 heavy (non-hydrogen) atoms. The van der Waals surface area contributed by atoms with Crippen molar-refractivity contribution in [2.24, 2.45) is 0 Å². The van der Waals surface area contributed by atoms with Crippen LogP contribution in [0, 0.1) is 0 Å². The molecule has 2 heterocycles. The zero-order chi connectivity index (χ0) is 13.8. The van der Waals surface area contributed by atoms with Crippen molar-refractivity contribution in [2.75, 3.05) is 33.3 Å². The second-order valence-electron chi connectivity index (χ2n) is 5.11. The van der Waals surface area contributed by atoms with Gasteiger partial charge >= 0.3 is 0 Å². The first-order chi connectivity index (χ1) is 9.15. The third-order valence-corrected chi connectivity index (χ3v) is 3.94. The van der Waals surface area contributed by atoms with Gasteiger partial charge in [-0.1, -0.05) is 19.0 Å². The first-order valence-corrected chi connectivity index (χ1v) is 7.00. The molecule has 1 fully saturated rings. The molecule has 0 amide bonds. The highest BCUT2D eigenvalue weighted by Crippen LogP contribution is 2.23. The van der Waals surface area contributed by atoms with Gasteiger partial charge in [0, 0.05) is 19.1 Å². The minimum atomic E-state index is -0.0664. The molecule has 0 spiro atoms. The predicted octanol–water partition coefficient (Wildman–Crippen LogP) is 1.17. The smallest absolute Gasteiger partial charge is 0.231 e. The van der Waals surface area contributed by atoms with E-state index in [9.17, 15) is 0 Å². The summed E-state index contributed by atoms with van der Waals surface area (Å²) < 4.78 is 11.1. The molecule has 2 rings (SSSR count). The van der Waals surface area contributed by atoms with Crippen molar-refractivity contribution < 1.29 is 9.26 Å². The third kappa shape index (κ3) is 3.32. The van der Waals surface area contributed by atoms with Gasteiger partial charge in [0.15, 0.2) is 0 Å². The molecule has 0 radical (unpaired) electrons. The van der Waals surface area contributed by atoms with Gasteiger partial charge in [0.25, 0.3) is 0 Å². The van der Waals surface area contributed by atoms with E-state index in [0.717, 1.165) is 26.2 Å². The minimum Gasteiger partial charge on any atom is -0.367 e. The predicted molar refractivity (Wildman–Crippen MR) is 72.0 cm³/mol. The fourth-order valence-corrected chi connectivity index (χ4v) is 2.17. The van der Waals surface area contributed by atoms with E-state index in [2.05, 4.69) is 41.1 Å². The van der Waals surface area contributed by atoms with Crippen LogP contribution in [0.15, 0.2) is 4.52 Å². The quantitative estimate of drug-likeness (QED) is 0.865. The van der Waals surface area contributed by atoms with Crippen molar-refractivity contribution in [2.45, 2.75) is 38.8 Å². The Labute approximate surface area is 114 Å². The van der Waals surface area contributed by atoms with Crippen LogP contribution in [0.1, 0.15) is 44.5 Å². The lowest BCUT2D eigenvalue weighted by atomic mass is 10.0. The lowest BCUT2D eigenvalue weighted by molar-refractivity contribution is -0.0334. The fraction of sp³-hybridized carbons (Fsp3) is 0.846. The Morgan fingerprint density at radius 3 is 2.95 bits per heavy atom. The molecule has 0 saturated carbocycles. The van der Waals surface area contributed by atoms with Gasteiger partial charge in [0.2, 0.25) is 11.7 Å². The number of likely N-dealkylation sites (N-methyl/N-ethyl adjacent to an activating group) is 2. The maximum absolute atomic E-state index is 5.73. The van der Waals surface area contributed by atoms with E-state index in [4.69, 9.17) is 9.26 Å². The Kier molecular flexibility index (Phi) is 4.90. The molecular formula is C13H24N4O2. The largest absolute Gasteiger partial charge is 0.367 e. The van der Waals surface area contributed by atoms with Crippen molar-refractivity contribution in [3.05, 3.63) is 11.7 Å². The summed E-state index contributed by atoms with van der Waals surface area (Å²) in [5.74, 6) is 1.54. The number of hydrogen-bond donors (Lipinski definition) is 1. The van der Waals surface area contributed by atoms with Crippen molar-refractivity contribution in [3.63, 3.8) is 0 Å². The number of hydrogen-bond acceptors (Lipinski definition) is 6. The van der Waals surface area contributed by atoms with Crippen molar-refractivity contribution >= 4 is 0 Å². The maximum Gasteiger partial charge on any atom is 0.231 e. The van der Waals surface area contributed by atoms with Gasteiger partial charge in [0.1, 0.15) is 6.10 Å². The first-order valence-electron chi connectivity index (χ1n) is 7.00. The highest BCUT2D eigenvalue weighted by atomic mass is 16.5. The molecule has 6 heteroatoms. The van der Waals surface area contributed by atoms with Gasteiger partial charge in [-0.2, -0.15) is 4.98 Å². The van der Waals surface area contributed by atoms with E-state index >= 15 is 0 Å². The van der Waals surface area contributed by atoms with Gasteiger partial charge in [-0.3, -0.25) is 4.90 Å². The van der Waals surface area contributed by atoms with E-state index in [1.807, 2.05) is 7.05 Å². The van der Waals surface area contributed by atoms with E-state index < -0.39 is 0 Å². The SMILES string of the molecule is CCN1CCOC(c2noc(C(C)C(C)NC)n2)C1. The summed E-state index contributed by atoms with van der Waals surface area (Å²) in [6.45, 7) is 9.91. The summed E-state index contributed by atoms with van der Waals surface area (Å²) in [5.41, 5.74) is 0. The van der Waals surface area contributed by atoms with Crippen LogP contribution in [0.3, 0.4) is 0 Å². The molecule has 0 aromatic carbocycles. The highest BCUT2D eigenvalue weighted by molar-refractivity contribution is 4.99. The highest BCUT2D eigenvalue weighted by Gasteiger charge is 2.27. The normalized spacial score (nSPS) is 24.3. The van der Waals surface area contributed by atoms with Crippen molar-refractivity contribution in [1.82, 2.24) is 20.4 Å². The Morgan fingerprint density at radius 2 is 2.26 bits per heavy atom. The zero-order valence-corrected chi connectivity index (χ0v) is 12.2. The molecule has 1 saturated heterocycles. The molecule has 108 valence electrons. The molecule has 1 N–H and O–H groups in total. The van der Waals surface area contributed by atoms with E-state index in [-0.39, 0.29) is 12.0 Å². The lowest BCUT2D eigenvalue weighted by Crippen LogP contribution is -2.38. The average Bonchev–Trinajstić information content (AvgIpc) is 2.95. The number of nitrogens with one attached hydrogen (secondary N) is 1. The Morgan fingerprint density at radius 1 is 1.47 bits per heavy atom. The minimum absolute atomic E-state index is 0.0664. The van der Waals surface area contributed by atoms with Crippen LogP contribution in [0.4, 0.5) is 0 Å². The number of rotatable bonds is 5. The van der Waals surface area contributed by atoms with Crippen LogP contribution >= 0.6 is 0 Å². The summed E-state index contributed by atoms with van der Waals surface area (Å²) in [7, 11) is 1.93. The van der Waals surface area contributed by atoms with Crippen LogP contribution in [0.2, 0.25) is 0 Å². The molecule has 1 aliphatic heterocycles. The monoisotopic (exact) mass is 268 g/mol. The van der Waals surface area contributed by atoms with Crippen LogP contribution in [0.25, 0.3) is 0 Å². The lowest BCUT2D eigenvalue weighted by Gasteiger charge is -2.30.